The first-order valence-electron chi connectivity index (χ1n) is 11.0. The van der Waals surface area contributed by atoms with Crippen LogP contribution in [0.5, 0.6) is 0 Å². The lowest BCUT2D eigenvalue weighted by Crippen LogP contribution is -2.64. The third kappa shape index (κ3) is 2.35. The molecule has 0 amide bonds. The molecule has 7 heteroatoms. The average molecular weight is 459 g/mol. The van der Waals surface area contributed by atoms with Crippen molar-refractivity contribution < 1.29 is 13.3 Å². The van der Waals surface area contributed by atoms with Crippen LogP contribution in [-0.2, 0) is 15.4 Å². The summed E-state index contributed by atoms with van der Waals surface area (Å²) in [5.41, 5.74) is 3.01. The highest BCUT2D eigenvalue weighted by Gasteiger charge is 2.76. The number of hydrogen-bond acceptors (Lipinski definition) is 4. The highest BCUT2D eigenvalue weighted by molar-refractivity contribution is 7.93. The Labute approximate surface area is 192 Å². The maximum Gasteiger partial charge on any atom is 0.289 e. The Morgan fingerprint density at radius 2 is 1.58 bits per heavy atom. The summed E-state index contributed by atoms with van der Waals surface area (Å²) in [5.74, 6) is -0.102. The van der Waals surface area contributed by atoms with Crippen LogP contribution in [0.2, 0.25) is 0 Å². The van der Waals surface area contributed by atoms with Crippen LogP contribution in [0.1, 0.15) is 24.0 Å². The van der Waals surface area contributed by atoms with Gasteiger partial charge in [0.25, 0.3) is 15.7 Å². The van der Waals surface area contributed by atoms with Gasteiger partial charge in [0, 0.05) is 29.4 Å². The molecule has 0 N–H and O–H groups in total. The number of sulfonamides is 1. The molecule has 0 radical (unpaired) electrons. The smallest absolute Gasteiger partial charge is 0.265 e. The summed E-state index contributed by atoms with van der Waals surface area (Å²) >= 11 is 0. The Hall–Kier alpha value is -3.45. The Morgan fingerprint density at radius 3 is 2.27 bits per heavy atom. The van der Waals surface area contributed by atoms with Crippen LogP contribution >= 0.6 is 0 Å². The van der Waals surface area contributed by atoms with E-state index >= 15 is 0 Å². The third-order valence-electron chi connectivity index (χ3n) is 7.87. The van der Waals surface area contributed by atoms with E-state index in [1.54, 1.807) is 0 Å². The molecule has 6 nitrogen and oxygen atoms in total. The fourth-order valence-electron chi connectivity index (χ4n) is 6.43. The zero-order chi connectivity index (χ0) is 23.0. The van der Waals surface area contributed by atoms with Crippen LogP contribution in [-0.4, -0.2) is 19.9 Å². The van der Waals surface area contributed by atoms with E-state index in [0.717, 1.165) is 24.0 Å². The van der Waals surface area contributed by atoms with Gasteiger partial charge in [-0.2, -0.15) is 0 Å². The van der Waals surface area contributed by atoms with Gasteiger partial charge in [0.05, 0.1) is 10.6 Å². The lowest BCUT2D eigenvalue weighted by molar-refractivity contribution is -0.387. The Bertz CT molecular complexity index is 1430. The third-order valence-corrected chi connectivity index (χ3v) is 9.70. The SMILES string of the molecule is C=C1[C@@H]2CN(S(=O)(=O)c3ccccc3[N+](=O)[O-])c3ccccc3[C@]2(c2ccccc2)C12CC2. The van der Waals surface area contributed by atoms with Gasteiger partial charge in [-0.05, 0) is 36.1 Å². The van der Waals surface area contributed by atoms with E-state index in [1.807, 2.05) is 42.5 Å². The average Bonchev–Trinajstić information content (AvgIpc) is 3.66. The molecule has 2 fully saturated rings. The quantitative estimate of drug-likeness (QED) is 0.311. The van der Waals surface area contributed by atoms with Crippen molar-refractivity contribution in [2.45, 2.75) is 23.2 Å². The summed E-state index contributed by atoms with van der Waals surface area (Å²) in [6.07, 6.45) is 2.06. The summed E-state index contributed by atoms with van der Waals surface area (Å²) < 4.78 is 29.1. The topological polar surface area (TPSA) is 80.5 Å². The second kappa shape index (κ2) is 6.54. The molecular formula is C26H22N2O4S. The highest BCUT2D eigenvalue weighted by atomic mass is 32.2. The van der Waals surface area contributed by atoms with Gasteiger partial charge in [-0.1, -0.05) is 72.8 Å². The first kappa shape index (κ1) is 20.2. The molecule has 3 aromatic carbocycles. The standard InChI is InChI=1S/C26H22N2O4S/c1-18-21-17-27(33(31,32)24-14-8-7-13-23(24)28(29)30)22-12-6-5-11-20(22)26(21,25(18)15-16-25)19-9-3-2-4-10-19/h2-14,21H,1,15-17H2/t21-,26-/m0/s1. The van der Waals surface area contributed by atoms with E-state index in [-0.39, 0.29) is 28.2 Å². The molecule has 33 heavy (non-hydrogen) atoms. The first-order chi connectivity index (χ1) is 15.9. The van der Waals surface area contributed by atoms with Crippen molar-refractivity contribution in [3.63, 3.8) is 0 Å². The number of hydrogen-bond donors (Lipinski definition) is 0. The molecule has 1 heterocycles. The van der Waals surface area contributed by atoms with Crippen molar-refractivity contribution in [2.75, 3.05) is 10.8 Å². The van der Waals surface area contributed by atoms with Gasteiger partial charge in [-0.3, -0.25) is 14.4 Å². The molecule has 0 saturated heterocycles. The van der Waals surface area contributed by atoms with Gasteiger partial charge in [0.2, 0.25) is 0 Å². The predicted octanol–water partition coefficient (Wildman–Crippen LogP) is 5.06. The molecule has 2 atom stereocenters. The summed E-state index contributed by atoms with van der Waals surface area (Å²) in [5, 5.41) is 11.6. The van der Waals surface area contributed by atoms with Gasteiger partial charge in [0.15, 0.2) is 4.90 Å². The van der Waals surface area contributed by atoms with E-state index < -0.39 is 20.6 Å². The minimum atomic E-state index is -4.17. The number of fused-ring (bicyclic) bond motifs is 4. The first-order valence-corrected chi connectivity index (χ1v) is 12.4. The van der Waals surface area contributed by atoms with Crippen LogP contribution in [0.3, 0.4) is 0 Å². The minimum absolute atomic E-state index is 0.0519. The number of nitro groups is 1. The number of benzene rings is 3. The molecule has 0 aromatic heterocycles. The van der Waals surface area contributed by atoms with E-state index in [4.69, 9.17) is 0 Å². The molecule has 0 unspecified atom stereocenters. The summed E-state index contributed by atoms with van der Waals surface area (Å²) in [4.78, 5) is 10.7. The number of anilines is 1. The Balaban J connectivity index is 1.60. The molecule has 3 aliphatic rings. The number of rotatable bonds is 4. The normalized spacial score (nSPS) is 24.5. The van der Waals surface area contributed by atoms with Crippen molar-refractivity contribution in [2.24, 2.45) is 11.3 Å². The van der Waals surface area contributed by atoms with E-state index in [2.05, 4.69) is 18.7 Å². The molecule has 6 rings (SSSR count). The molecule has 2 saturated carbocycles. The number of nitro benzene ring substituents is 1. The van der Waals surface area contributed by atoms with Gasteiger partial charge < -0.3 is 0 Å². The summed E-state index contributed by atoms with van der Waals surface area (Å²) in [6.45, 7) is 4.62. The van der Waals surface area contributed by atoms with Crippen LogP contribution in [0.25, 0.3) is 0 Å². The van der Waals surface area contributed by atoms with Crippen molar-refractivity contribution in [1.29, 1.82) is 0 Å². The zero-order valence-corrected chi connectivity index (χ0v) is 18.7. The second-order valence-corrected chi connectivity index (χ2v) is 10.9. The summed E-state index contributed by atoms with van der Waals surface area (Å²) in [7, 11) is -4.17. The van der Waals surface area contributed by atoms with Gasteiger partial charge in [0.1, 0.15) is 0 Å². The van der Waals surface area contributed by atoms with Crippen molar-refractivity contribution in [3.8, 4) is 0 Å². The van der Waals surface area contributed by atoms with Gasteiger partial charge in [-0.25, -0.2) is 8.42 Å². The molecule has 166 valence electrons. The van der Waals surface area contributed by atoms with Crippen LogP contribution in [0, 0.1) is 21.4 Å². The van der Waals surface area contributed by atoms with E-state index in [0.29, 0.717) is 5.69 Å². The van der Waals surface area contributed by atoms with Crippen molar-refractivity contribution in [1.82, 2.24) is 0 Å². The maximum atomic E-state index is 13.9. The van der Waals surface area contributed by atoms with Crippen LogP contribution in [0.15, 0.2) is 95.9 Å². The van der Waals surface area contributed by atoms with E-state index in [1.165, 1.54) is 34.1 Å². The maximum absolute atomic E-state index is 13.9. The van der Waals surface area contributed by atoms with Crippen molar-refractivity contribution in [3.05, 3.63) is 112 Å². The fourth-order valence-corrected chi connectivity index (χ4v) is 8.09. The van der Waals surface area contributed by atoms with E-state index in [9.17, 15) is 18.5 Å². The number of para-hydroxylation sites is 2. The van der Waals surface area contributed by atoms with Crippen LogP contribution < -0.4 is 4.31 Å². The Morgan fingerprint density at radius 1 is 0.939 bits per heavy atom. The summed E-state index contributed by atoms with van der Waals surface area (Å²) in [6, 6.07) is 23.4. The number of nitrogens with zero attached hydrogens (tertiary/aromatic N) is 2. The predicted molar refractivity (Wildman–Crippen MR) is 126 cm³/mol. The molecule has 2 aliphatic carbocycles. The van der Waals surface area contributed by atoms with Gasteiger partial charge in [-0.15, -0.1) is 0 Å². The fraction of sp³-hybridized carbons (Fsp3) is 0.231. The molecule has 0 bridgehead atoms. The molecule has 1 aliphatic heterocycles. The lowest BCUT2D eigenvalue weighted by atomic mass is 9.41. The zero-order valence-electron chi connectivity index (χ0n) is 17.8. The molecular weight excluding hydrogens is 436 g/mol. The lowest BCUT2D eigenvalue weighted by Gasteiger charge is -2.64. The van der Waals surface area contributed by atoms with Crippen molar-refractivity contribution >= 4 is 21.4 Å². The molecule has 3 aromatic rings. The second-order valence-electron chi connectivity index (χ2n) is 9.11. The largest absolute Gasteiger partial charge is 0.289 e. The minimum Gasteiger partial charge on any atom is -0.265 e. The van der Waals surface area contributed by atoms with Crippen LogP contribution in [0.4, 0.5) is 11.4 Å². The highest BCUT2D eigenvalue weighted by Crippen LogP contribution is 2.80. The molecule has 1 spiro atoms. The monoisotopic (exact) mass is 458 g/mol. The van der Waals surface area contributed by atoms with Gasteiger partial charge >= 0.3 is 0 Å². The Kier molecular flexibility index (Phi) is 4.00.